The minimum absolute atomic E-state index is 0. The fraction of sp³-hybridized carbons (Fsp3) is 0.375. The lowest BCUT2D eigenvalue weighted by atomic mass is 9.77. The van der Waals surface area contributed by atoms with Crippen LogP contribution in [0.2, 0.25) is 0 Å². The maximum absolute atomic E-state index is 6.21. The van der Waals surface area contributed by atoms with Crippen LogP contribution in [0.4, 0.5) is 0 Å². The number of hydrogen-bond donors (Lipinski definition) is 1. The van der Waals surface area contributed by atoms with Gasteiger partial charge in [-0.3, -0.25) is 0 Å². The van der Waals surface area contributed by atoms with Crippen molar-refractivity contribution in [2.24, 2.45) is 5.73 Å². The molecule has 1 aliphatic rings. The van der Waals surface area contributed by atoms with Gasteiger partial charge < -0.3 is 19.7 Å². The second kappa shape index (κ2) is 7.02. The average Bonchev–Trinajstić information content (AvgIpc) is 3.00. The molecular formula is C16H20ClN3O3. The maximum Gasteiger partial charge on any atom is 0.258 e. The highest BCUT2D eigenvalue weighted by Crippen LogP contribution is 2.38. The molecule has 1 heterocycles. The molecule has 0 unspecified atom stereocenters. The summed E-state index contributed by atoms with van der Waals surface area (Å²) in [6, 6.07) is 5.46. The van der Waals surface area contributed by atoms with Crippen LogP contribution in [-0.4, -0.2) is 23.9 Å². The Kier molecular flexibility index (Phi) is 5.28. The van der Waals surface area contributed by atoms with E-state index in [1.807, 2.05) is 12.1 Å². The van der Waals surface area contributed by atoms with Crippen molar-refractivity contribution >= 4 is 12.4 Å². The lowest BCUT2D eigenvalue weighted by molar-refractivity contribution is 0.229. The molecule has 6 nitrogen and oxygen atoms in total. The molecule has 124 valence electrons. The Labute approximate surface area is 141 Å². The molecule has 0 atom stereocenters. The van der Waals surface area contributed by atoms with Crippen molar-refractivity contribution in [2.45, 2.75) is 24.8 Å². The molecule has 3 rings (SSSR count). The third-order valence-electron chi connectivity index (χ3n) is 3.88. The third-order valence-corrected chi connectivity index (χ3v) is 3.88. The van der Waals surface area contributed by atoms with Crippen molar-refractivity contribution < 1.29 is 14.0 Å². The molecule has 1 aromatic carbocycles. The first-order chi connectivity index (χ1) is 10.7. The lowest BCUT2D eigenvalue weighted by Crippen LogP contribution is -2.44. The minimum Gasteiger partial charge on any atom is -0.493 e. The molecule has 1 aromatic heterocycles. The summed E-state index contributed by atoms with van der Waals surface area (Å²) in [6.45, 7) is 4.04. The number of hydrogen-bond acceptors (Lipinski definition) is 6. The summed E-state index contributed by atoms with van der Waals surface area (Å²) >= 11 is 0. The summed E-state index contributed by atoms with van der Waals surface area (Å²) < 4.78 is 16.2. The zero-order chi connectivity index (χ0) is 15.6. The van der Waals surface area contributed by atoms with Crippen molar-refractivity contribution in [3.63, 3.8) is 0 Å². The second-order valence-electron chi connectivity index (χ2n) is 5.40. The van der Waals surface area contributed by atoms with Crippen molar-refractivity contribution in [3.05, 3.63) is 36.7 Å². The van der Waals surface area contributed by atoms with Gasteiger partial charge in [0.2, 0.25) is 0 Å². The largest absolute Gasteiger partial charge is 0.493 e. The molecule has 1 aliphatic carbocycles. The molecule has 0 amide bonds. The fourth-order valence-electron chi connectivity index (χ4n) is 2.39. The Morgan fingerprint density at radius 1 is 1.39 bits per heavy atom. The van der Waals surface area contributed by atoms with Gasteiger partial charge in [-0.1, -0.05) is 17.8 Å². The monoisotopic (exact) mass is 337 g/mol. The van der Waals surface area contributed by atoms with Crippen LogP contribution >= 0.6 is 12.4 Å². The zero-order valence-corrected chi connectivity index (χ0v) is 13.8. The van der Waals surface area contributed by atoms with Gasteiger partial charge in [-0.05, 0) is 37.5 Å². The van der Waals surface area contributed by atoms with Gasteiger partial charge in [-0.25, -0.2) is 0 Å². The first-order valence-electron chi connectivity index (χ1n) is 7.21. The van der Waals surface area contributed by atoms with Gasteiger partial charge in [0, 0.05) is 5.56 Å². The Bertz CT molecular complexity index is 683. The molecule has 0 saturated heterocycles. The number of benzene rings is 1. The molecule has 0 spiro atoms. The Hall–Kier alpha value is -2.05. The molecule has 0 bridgehead atoms. The van der Waals surface area contributed by atoms with Crippen LogP contribution in [0, 0.1) is 0 Å². The van der Waals surface area contributed by atoms with E-state index in [1.165, 1.54) is 0 Å². The van der Waals surface area contributed by atoms with Crippen molar-refractivity contribution in [1.29, 1.82) is 0 Å². The van der Waals surface area contributed by atoms with Gasteiger partial charge in [0.15, 0.2) is 17.3 Å². The normalized spacial score (nSPS) is 15.2. The SMILES string of the molecule is C=CCOc1ccc(-c2nc(C3(N)CCC3)no2)cc1OC.Cl. The second-order valence-corrected chi connectivity index (χ2v) is 5.40. The van der Waals surface area contributed by atoms with E-state index in [2.05, 4.69) is 16.7 Å². The van der Waals surface area contributed by atoms with Crippen LogP contribution in [0.1, 0.15) is 25.1 Å². The summed E-state index contributed by atoms with van der Waals surface area (Å²) in [5.41, 5.74) is 6.55. The van der Waals surface area contributed by atoms with E-state index in [-0.39, 0.29) is 12.4 Å². The lowest BCUT2D eigenvalue weighted by Gasteiger charge is -2.34. The minimum atomic E-state index is -0.432. The Morgan fingerprint density at radius 3 is 2.78 bits per heavy atom. The third kappa shape index (κ3) is 3.33. The van der Waals surface area contributed by atoms with Crippen molar-refractivity contribution in [1.82, 2.24) is 10.1 Å². The number of nitrogens with two attached hydrogens (primary N) is 1. The number of ether oxygens (including phenoxy) is 2. The highest BCUT2D eigenvalue weighted by atomic mass is 35.5. The predicted molar refractivity (Wildman–Crippen MR) is 88.9 cm³/mol. The van der Waals surface area contributed by atoms with E-state index < -0.39 is 5.54 Å². The molecule has 1 fully saturated rings. The van der Waals surface area contributed by atoms with Gasteiger partial charge in [0.05, 0.1) is 12.6 Å². The molecule has 2 N–H and O–H groups in total. The zero-order valence-electron chi connectivity index (χ0n) is 12.9. The molecule has 1 saturated carbocycles. The van der Waals surface area contributed by atoms with Gasteiger partial charge in [0.1, 0.15) is 6.61 Å². The molecule has 0 radical (unpaired) electrons. The molecule has 23 heavy (non-hydrogen) atoms. The quantitative estimate of drug-likeness (QED) is 0.815. The van der Waals surface area contributed by atoms with Crippen molar-refractivity contribution in [3.8, 4) is 23.0 Å². The van der Waals surface area contributed by atoms with Crippen LogP contribution < -0.4 is 15.2 Å². The summed E-state index contributed by atoms with van der Waals surface area (Å²) in [4.78, 5) is 4.43. The van der Waals surface area contributed by atoms with Crippen LogP contribution in [0.15, 0.2) is 35.4 Å². The smallest absolute Gasteiger partial charge is 0.258 e. The topological polar surface area (TPSA) is 83.4 Å². The summed E-state index contributed by atoms with van der Waals surface area (Å²) in [5, 5.41) is 4.02. The van der Waals surface area contributed by atoms with Crippen LogP contribution in [0.3, 0.4) is 0 Å². The highest BCUT2D eigenvalue weighted by Gasteiger charge is 2.39. The molecule has 7 heteroatoms. The van der Waals surface area contributed by atoms with Gasteiger partial charge in [-0.15, -0.1) is 12.4 Å². The standard InChI is InChI=1S/C16H19N3O3.ClH/c1-3-9-21-12-6-5-11(10-13(12)20-2)14-18-15(19-22-14)16(17)7-4-8-16;/h3,5-6,10H,1,4,7-9,17H2,2H3;1H. The van der Waals surface area contributed by atoms with Crippen molar-refractivity contribution in [2.75, 3.05) is 13.7 Å². The Balaban J connectivity index is 0.00000192. The van der Waals surface area contributed by atoms with Gasteiger partial charge in [0.25, 0.3) is 5.89 Å². The number of rotatable bonds is 6. The summed E-state index contributed by atoms with van der Waals surface area (Å²) in [6.07, 6.45) is 4.56. The molecular weight excluding hydrogens is 318 g/mol. The molecule has 2 aromatic rings. The van der Waals surface area contributed by atoms with Crippen LogP contribution in [0.25, 0.3) is 11.5 Å². The summed E-state index contributed by atoms with van der Waals surface area (Å²) in [5.74, 6) is 2.24. The number of aromatic nitrogens is 2. The van der Waals surface area contributed by atoms with E-state index in [4.69, 9.17) is 19.7 Å². The average molecular weight is 338 g/mol. The Morgan fingerprint density at radius 2 is 2.17 bits per heavy atom. The fourth-order valence-corrected chi connectivity index (χ4v) is 2.39. The predicted octanol–water partition coefficient (Wildman–Crippen LogP) is 3.07. The highest BCUT2D eigenvalue weighted by molar-refractivity contribution is 5.85. The van der Waals surface area contributed by atoms with Gasteiger partial charge in [-0.2, -0.15) is 4.98 Å². The first kappa shape index (κ1) is 17.3. The number of methoxy groups -OCH3 is 1. The number of nitrogens with zero attached hydrogens (tertiary/aromatic N) is 2. The number of halogens is 1. The maximum atomic E-state index is 6.21. The van der Waals surface area contributed by atoms with Crippen LogP contribution in [0.5, 0.6) is 11.5 Å². The van der Waals surface area contributed by atoms with Gasteiger partial charge >= 0.3 is 0 Å². The summed E-state index contributed by atoms with van der Waals surface area (Å²) in [7, 11) is 1.59. The van der Waals surface area contributed by atoms with Crippen LogP contribution in [-0.2, 0) is 5.54 Å². The first-order valence-corrected chi connectivity index (χ1v) is 7.21. The van der Waals surface area contributed by atoms with E-state index in [0.29, 0.717) is 29.8 Å². The van der Waals surface area contributed by atoms with E-state index in [1.54, 1.807) is 19.3 Å². The van der Waals surface area contributed by atoms with E-state index in [9.17, 15) is 0 Å². The molecule has 0 aliphatic heterocycles. The van der Waals surface area contributed by atoms with E-state index in [0.717, 1.165) is 24.8 Å². The van der Waals surface area contributed by atoms with E-state index >= 15 is 0 Å².